The van der Waals surface area contributed by atoms with Gasteiger partial charge in [0.1, 0.15) is 5.54 Å². The molecular weight excluding hydrogens is 252 g/mol. The van der Waals surface area contributed by atoms with Gasteiger partial charge >= 0.3 is 5.97 Å². The van der Waals surface area contributed by atoms with Crippen LogP contribution in [0.5, 0.6) is 0 Å². The Morgan fingerprint density at radius 1 is 1.15 bits per heavy atom. The highest BCUT2D eigenvalue weighted by molar-refractivity contribution is 5.80. The highest BCUT2D eigenvalue weighted by Gasteiger charge is 2.34. The van der Waals surface area contributed by atoms with Gasteiger partial charge < -0.3 is 15.0 Å². The number of rotatable bonds is 10. The summed E-state index contributed by atoms with van der Waals surface area (Å²) in [6, 6.07) is 0. The number of carbonyl (C=O) groups is 1. The number of carbonyl (C=O) groups excluding carboxylic acids is 1. The monoisotopic (exact) mass is 286 g/mol. The van der Waals surface area contributed by atoms with E-state index in [0.717, 1.165) is 25.9 Å². The second-order valence-corrected chi connectivity index (χ2v) is 6.71. The van der Waals surface area contributed by atoms with Crippen LogP contribution in [0, 0.1) is 11.8 Å². The fraction of sp³-hybridized carbons (Fsp3) is 0.938. The molecule has 0 heterocycles. The zero-order valence-corrected chi connectivity index (χ0v) is 14.5. The van der Waals surface area contributed by atoms with E-state index in [1.54, 1.807) is 0 Å². The Balaban J connectivity index is 4.69. The molecule has 0 aliphatic rings. The van der Waals surface area contributed by atoms with Gasteiger partial charge in [-0.15, -0.1) is 0 Å². The Bertz CT molecular complexity index is 268. The molecule has 1 atom stereocenters. The molecule has 0 fully saturated rings. The molecule has 0 aliphatic carbocycles. The van der Waals surface area contributed by atoms with Crippen LogP contribution in [0.15, 0.2) is 0 Å². The maximum atomic E-state index is 12.0. The van der Waals surface area contributed by atoms with Crippen molar-refractivity contribution in [3.63, 3.8) is 0 Å². The molecule has 0 aromatic heterocycles. The number of nitrogens with zero attached hydrogens (tertiary/aromatic N) is 1. The maximum absolute atomic E-state index is 12.0. The van der Waals surface area contributed by atoms with E-state index in [1.165, 1.54) is 7.11 Å². The molecule has 4 nitrogen and oxygen atoms in total. The second kappa shape index (κ2) is 9.35. The van der Waals surface area contributed by atoms with E-state index in [4.69, 9.17) is 4.74 Å². The van der Waals surface area contributed by atoms with Gasteiger partial charge in [-0.2, -0.15) is 0 Å². The molecule has 0 bridgehead atoms. The van der Waals surface area contributed by atoms with Crippen molar-refractivity contribution in [1.29, 1.82) is 0 Å². The number of methoxy groups -OCH3 is 1. The van der Waals surface area contributed by atoms with Crippen LogP contribution in [0.3, 0.4) is 0 Å². The van der Waals surface area contributed by atoms with Gasteiger partial charge in [0.2, 0.25) is 0 Å². The van der Waals surface area contributed by atoms with E-state index in [1.807, 2.05) is 14.0 Å². The van der Waals surface area contributed by atoms with E-state index < -0.39 is 5.54 Å². The lowest BCUT2D eigenvalue weighted by molar-refractivity contribution is -0.148. The Morgan fingerprint density at radius 2 is 1.60 bits per heavy atom. The minimum atomic E-state index is -0.636. The molecule has 0 amide bonds. The average Bonchev–Trinajstić information content (AvgIpc) is 2.40. The summed E-state index contributed by atoms with van der Waals surface area (Å²) < 4.78 is 4.93. The Kier molecular flexibility index (Phi) is 9.06. The lowest BCUT2D eigenvalue weighted by atomic mass is 10.0. The lowest BCUT2D eigenvalue weighted by Crippen LogP contribution is -2.56. The number of ether oxygens (including phenoxy) is 1. The number of nitrogens with one attached hydrogen (secondary N) is 1. The van der Waals surface area contributed by atoms with Crippen LogP contribution in [0.4, 0.5) is 0 Å². The normalized spacial score (nSPS) is 14.9. The highest BCUT2D eigenvalue weighted by Crippen LogP contribution is 2.13. The van der Waals surface area contributed by atoms with Gasteiger partial charge in [0, 0.05) is 6.54 Å². The quantitative estimate of drug-likeness (QED) is 0.627. The summed E-state index contributed by atoms with van der Waals surface area (Å²) in [6.45, 7) is 13.6. The summed E-state index contributed by atoms with van der Waals surface area (Å²) in [5.74, 6) is 1.16. The second-order valence-electron chi connectivity index (χ2n) is 6.71. The van der Waals surface area contributed by atoms with E-state index >= 15 is 0 Å². The molecule has 0 aromatic rings. The first-order valence-corrected chi connectivity index (χ1v) is 7.74. The Labute approximate surface area is 125 Å². The maximum Gasteiger partial charge on any atom is 0.327 e. The topological polar surface area (TPSA) is 41.6 Å². The summed E-state index contributed by atoms with van der Waals surface area (Å²) in [4.78, 5) is 14.3. The van der Waals surface area contributed by atoms with Gasteiger partial charge in [-0.3, -0.25) is 4.79 Å². The molecule has 0 spiro atoms. The smallest absolute Gasteiger partial charge is 0.327 e. The predicted octanol–water partition coefficient (Wildman–Crippen LogP) is 2.53. The van der Waals surface area contributed by atoms with E-state index in [0.29, 0.717) is 18.4 Å². The van der Waals surface area contributed by atoms with Crippen molar-refractivity contribution >= 4 is 5.97 Å². The lowest BCUT2D eigenvalue weighted by Gasteiger charge is -2.34. The molecular formula is C16H34N2O2. The Hall–Kier alpha value is -0.610. The molecule has 0 aliphatic heterocycles. The summed E-state index contributed by atoms with van der Waals surface area (Å²) in [6.07, 6.45) is 2.30. The zero-order chi connectivity index (χ0) is 15.8. The van der Waals surface area contributed by atoms with Crippen LogP contribution in [0.2, 0.25) is 0 Å². The van der Waals surface area contributed by atoms with Crippen molar-refractivity contribution < 1.29 is 9.53 Å². The van der Waals surface area contributed by atoms with Crippen LogP contribution < -0.4 is 5.32 Å². The number of hydrogen-bond donors (Lipinski definition) is 1. The summed E-state index contributed by atoms with van der Waals surface area (Å²) >= 11 is 0. The van der Waals surface area contributed by atoms with Crippen LogP contribution in [0.25, 0.3) is 0 Å². The molecule has 20 heavy (non-hydrogen) atoms. The van der Waals surface area contributed by atoms with Gasteiger partial charge in [-0.05, 0) is 51.7 Å². The molecule has 0 rings (SSSR count). The third-order valence-corrected chi connectivity index (χ3v) is 3.77. The molecule has 1 unspecified atom stereocenters. The fourth-order valence-corrected chi connectivity index (χ4v) is 2.07. The first kappa shape index (κ1) is 19.4. The predicted molar refractivity (Wildman–Crippen MR) is 84.8 cm³/mol. The van der Waals surface area contributed by atoms with Crippen molar-refractivity contribution in [1.82, 2.24) is 10.2 Å². The number of esters is 1. The molecule has 0 saturated carbocycles. The van der Waals surface area contributed by atoms with Crippen LogP contribution in [-0.4, -0.2) is 50.2 Å². The van der Waals surface area contributed by atoms with Crippen molar-refractivity contribution in [3.8, 4) is 0 Å². The number of likely N-dealkylation sites (N-methyl/N-ethyl adjacent to an activating group) is 1. The summed E-state index contributed by atoms with van der Waals surface area (Å²) in [7, 11) is 3.27. The summed E-state index contributed by atoms with van der Waals surface area (Å²) in [5.41, 5.74) is -0.636. The van der Waals surface area contributed by atoms with Crippen molar-refractivity contribution in [3.05, 3.63) is 0 Å². The van der Waals surface area contributed by atoms with Gasteiger partial charge in [-0.25, -0.2) is 0 Å². The largest absolute Gasteiger partial charge is 0.468 e. The van der Waals surface area contributed by atoms with Crippen LogP contribution >= 0.6 is 0 Å². The zero-order valence-electron chi connectivity index (χ0n) is 14.5. The molecule has 0 saturated heterocycles. The number of hydrogen-bond acceptors (Lipinski definition) is 4. The van der Waals surface area contributed by atoms with E-state index in [2.05, 4.69) is 37.9 Å². The van der Waals surface area contributed by atoms with E-state index in [9.17, 15) is 4.79 Å². The third-order valence-electron chi connectivity index (χ3n) is 3.77. The average molecular weight is 286 g/mol. The van der Waals surface area contributed by atoms with E-state index in [-0.39, 0.29) is 5.97 Å². The molecule has 120 valence electrons. The minimum absolute atomic E-state index is 0.195. The molecule has 0 aromatic carbocycles. The third kappa shape index (κ3) is 7.25. The highest BCUT2D eigenvalue weighted by atomic mass is 16.5. The molecule has 1 N–H and O–H groups in total. The molecule has 4 heteroatoms. The van der Waals surface area contributed by atoms with Crippen molar-refractivity contribution in [2.75, 3.05) is 33.8 Å². The first-order chi connectivity index (χ1) is 9.25. The Morgan fingerprint density at radius 3 is 1.90 bits per heavy atom. The van der Waals surface area contributed by atoms with Gasteiger partial charge in [-0.1, -0.05) is 27.7 Å². The standard InChI is InChI=1S/C16H34N2O2/c1-13(2)8-10-18(11-9-14(3)4)12-16(5,17-6)15(19)20-7/h13-14,17H,8-12H2,1-7H3. The fourth-order valence-electron chi connectivity index (χ4n) is 2.07. The van der Waals surface area contributed by atoms with Crippen LogP contribution in [0.1, 0.15) is 47.5 Å². The van der Waals surface area contributed by atoms with Crippen molar-refractivity contribution in [2.45, 2.75) is 53.0 Å². The van der Waals surface area contributed by atoms with Crippen molar-refractivity contribution in [2.24, 2.45) is 11.8 Å². The SMILES string of the molecule is CNC(C)(CN(CCC(C)C)CCC(C)C)C(=O)OC. The summed E-state index contributed by atoms with van der Waals surface area (Å²) in [5, 5.41) is 3.12. The van der Waals surface area contributed by atoms with Gasteiger partial charge in [0.25, 0.3) is 0 Å². The minimum Gasteiger partial charge on any atom is -0.468 e. The van der Waals surface area contributed by atoms with Gasteiger partial charge in [0.15, 0.2) is 0 Å². The first-order valence-electron chi connectivity index (χ1n) is 7.74. The molecule has 0 radical (unpaired) electrons. The van der Waals surface area contributed by atoms with Gasteiger partial charge in [0.05, 0.1) is 7.11 Å². The van der Waals surface area contributed by atoms with Crippen LogP contribution in [-0.2, 0) is 9.53 Å².